The fourth-order valence-corrected chi connectivity index (χ4v) is 3.07. The van der Waals surface area contributed by atoms with Gasteiger partial charge in [0.1, 0.15) is 10.7 Å². The highest BCUT2D eigenvalue weighted by Gasteiger charge is 2.25. The lowest BCUT2D eigenvalue weighted by atomic mass is 9.84. The van der Waals surface area contributed by atoms with Gasteiger partial charge in [-0.3, -0.25) is 0 Å². The van der Waals surface area contributed by atoms with Crippen molar-refractivity contribution in [2.75, 3.05) is 26.2 Å². The molecule has 0 unspecified atom stereocenters. The average molecular weight is 306 g/mol. The van der Waals surface area contributed by atoms with Gasteiger partial charge in [-0.25, -0.2) is 0 Å². The van der Waals surface area contributed by atoms with E-state index in [1.54, 1.807) is 0 Å². The molecule has 1 heterocycles. The summed E-state index contributed by atoms with van der Waals surface area (Å²) < 4.78 is 5.77. The number of nitrogens with two attached hydrogens (primary N) is 1. The van der Waals surface area contributed by atoms with Crippen molar-refractivity contribution >= 4 is 17.2 Å². The second-order valence-corrected chi connectivity index (χ2v) is 7.07. The lowest BCUT2D eigenvalue weighted by Gasteiger charge is -2.38. The van der Waals surface area contributed by atoms with E-state index < -0.39 is 0 Å². The Bertz CT molecular complexity index is 470. The van der Waals surface area contributed by atoms with E-state index in [4.69, 9.17) is 22.7 Å². The summed E-state index contributed by atoms with van der Waals surface area (Å²) in [5.74, 6) is 0.883. The van der Waals surface area contributed by atoms with Crippen LogP contribution in [0.15, 0.2) is 24.3 Å². The molecule has 1 saturated heterocycles. The Hall–Kier alpha value is -1.13. The maximum absolute atomic E-state index is 5.77. The van der Waals surface area contributed by atoms with Crippen molar-refractivity contribution in [2.24, 2.45) is 11.1 Å². The second kappa shape index (κ2) is 7.23. The zero-order valence-corrected chi connectivity index (χ0v) is 13.9. The van der Waals surface area contributed by atoms with E-state index >= 15 is 0 Å². The Labute approximate surface area is 133 Å². The third kappa shape index (κ3) is 5.29. The minimum absolute atomic E-state index is 0.425. The SMILES string of the molecule is CC1(C)CCCN(CCCOc2ccc(C(N)=S)cc2)C1. The monoisotopic (exact) mass is 306 g/mol. The first-order valence-corrected chi connectivity index (χ1v) is 8.12. The van der Waals surface area contributed by atoms with Crippen LogP contribution in [0.1, 0.15) is 38.7 Å². The minimum atomic E-state index is 0.425. The summed E-state index contributed by atoms with van der Waals surface area (Å²) in [5.41, 5.74) is 6.93. The van der Waals surface area contributed by atoms with Gasteiger partial charge in [0.25, 0.3) is 0 Å². The molecule has 1 aliphatic rings. The Balaban J connectivity index is 1.68. The molecule has 0 amide bonds. The average Bonchev–Trinajstić information content (AvgIpc) is 2.43. The highest BCUT2D eigenvalue weighted by atomic mass is 32.1. The van der Waals surface area contributed by atoms with Gasteiger partial charge in [0.05, 0.1) is 6.61 Å². The highest BCUT2D eigenvalue weighted by molar-refractivity contribution is 7.80. The zero-order valence-electron chi connectivity index (χ0n) is 13.1. The number of rotatable bonds is 6. The summed E-state index contributed by atoms with van der Waals surface area (Å²) in [6, 6.07) is 7.67. The van der Waals surface area contributed by atoms with Crippen molar-refractivity contribution in [3.05, 3.63) is 29.8 Å². The summed E-state index contributed by atoms with van der Waals surface area (Å²) in [4.78, 5) is 2.98. The summed E-state index contributed by atoms with van der Waals surface area (Å²) in [6.45, 7) is 9.03. The molecule has 21 heavy (non-hydrogen) atoms. The molecule has 0 atom stereocenters. The third-order valence-corrected chi connectivity index (χ3v) is 4.24. The van der Waals surface area contributed by atoms with E-state index in [0.717, 1.165) is 30.9 Å². The van der Waals surface area contributed by atoms with Crippen LogP contribution in [0.2, 0.25) is 0 Å². The quantitative estimate of drug-likeness (QED) is 0.647. The number of likely N-dealkylation sites (tertiary alicyclic amines) is 1. The van der Waals surface area contributed by atoms with Crippen molar-refractivity contribution in [1.82, 2.24) is 4.90 Å². The van der Waals surface area contributed by atoms with Gasteiger partial charge in [0.2, 0.25) is 0 Å². The number of piperidine rings is 1. The topological polar surface area (TPSA) is 38.5 Å². The normalized spacial score (nSPS) is 18.4. The largest absolute Gasteiger partial charge is 0.494 e. The first-order chi connectivity index (χ1) is 9.96. The van der Waals surface area contributed by atoms with Crippen LogP contribution in [0.5, 0.6) is 5.75 Å². The molecular formula is C17H26N2OS. The lowest BCUT2D eigenvalue weighted by Crippen LogP contribution is -2.40. The molecule has 1 aromatic carbocycles. The zero-order chi connectivity index (χ0) is 15.3. The van der Waals surface area contributed by atoms with Crippen LogP contribution in [-0.2, 0) is 0 Å². The van der Waals surface area contributed by atoms with Crippen molar-refractivity contribution in [3.8, 4) is 5.75 Å². The molecule has 116 valence electrons. The van der Waals surface area contributed by atoms with E-state index in [1.165, 1.54) is 25.9 Å². The van der Waals surface area contributed by atoms with Gasteiger partial charge in [-0.2, -0.15) is 0 Å². The van der Waals surface area contributed by atoms with E-state index in [-0.39, 0.29) is 0 Å². The lowest BCUT2D eigenvalue weighted by molar-refractivity contribution is 0.111. The van der Waals surface area contributed by atoms with E-state index in [9.17, 15) is 0 Å². The number of thiocarbonyl (C=S) groups is 1. The fourth-order valence-electron chi connectivity index (χ4n) is 2.93. The maximum atomic E-state index is 5.77. The number of hydrogen-bond acceptors (Lipinski definition) is 3. The van der Waals surface area contributed by atoms with Gasteiger partial charge in [0, 0.05) is 18.7 Å². The number of benzene rings is 1. The van der Waals surface area contributed by atoms with Crippen molar-refractivity contribution < 1.29 is 4.74 Å². The maximum Gasteiger partial charge on any atom is 0.119 e. The first-order valence-electron chi connectivity index (χ1n) is 7.71. The van der Waals surface area contributed by atoms with Crippen molar-refractivity contribution in [3.63, 3.8) is 0 Å². The van der Waals surface area contributed by atoms with Gasteiger partial charge >= 0.3 is 0 Å². The molecule has 0 aromatic heterocycles. The molecule has 0 spiro atoms. The molecule has 1 fully saturated rings. The van der Waals surface area contributed by atoms with Gasteiger partial charge in [0.15, 0.2) is 0 Å². The van der Waals surface area contributed by atoms with Crippen LogP contribution in [-0.4, -0.2) is 36.1 Å². The molecule has 3 nitrogen and oxygen atoms in total. The van der Waals surface area contributed by atoms with Gasteiger partial charge in [-0.1, -0.05) is 26.1 Å². The Morgan fingerprint density at radius 2 is 2.05 bits per heavy atom. The predicted molar refractivity (Wildman–Crippen MR) is 91.9 cm³/mol. The first kappa shape index (κ1) is 16.2. The molecule has 1 aromatic rings. The Morgan fingerprint density at radius 3 is 2.67 bits per heavy atom. The van der Waals surface area contributed by atoms with Gasteiger partial charge in [-0.05, 0) is 55.5 Å². The summed E-state index contributed by atoms with van der Waals surface area (Å²) in [6.07, 6.45) is 3.72. The number of hydrogen-bond donors (Lipinski definition) is 1. The summed E-state index contributed by atoms with van der Waals surface area (Å²) >= 11 is 4.93. The highest BCUT2D eigenvalue weighted by Crippen LogP contribution is 2.28. The molecule has 0 radical (unpaired) electrons. The third-order valence-electron chi connectivity index (χ3n) is 4.01. The molecule has 0 saturated carbocycles. The molecule has 2 rings (SSSR count). The van der Waals surface area contributed by atoms with Crippen LogP contribution in [0, 0.1) is 5.41 Å². The fraction of sp³-hybridized carbons (Fsp3) is 0.588. The van der Waals surface area contributed by atoms with E-state index in [1.807, 2.05) is 24.3 Å². The van der Waals surface area contributed by atoms with Gasteiger partial charge in [-0.15, -0.1) is 0 Å². The Morgan fingerprint density at radius 1 is 1.33 bits per heavy atom. The van der Waals surface area contributed by atoms with Crippen molar-refractivity contribution in [1.29, 1.82) is 0 Å². The molecule has 0 aliphatic carbocycles. The minimum Gasteiger partial charge on any atom is -0.494 e. The molecule has 4 heteroatoms. The standard InChI is InChI=1S/C17H26N2OS/c1-17(2)9-3-10-19(13-17)11-4-12-20-15-7-5-14(6-8-15)16(18)21/h5-8H,3-4,9-13H2,1-2H3,(H2,18,21). The molecular weight excluding hydrogens is 280 g/mol. The Kier molecular flexibility index (Phi) is 5.59. The van der Waals surface area contributed by atoms with Gasteiger partial charge < -0.3 is 15.4 Å². The summed E-state index contributed by atoms with van der Waals surface area (Å²) in [5, 5.41) is 0. The molecule has 2 N–H and O–H groups in total. The molecule has 0 bridgehead atoms. The van der Waals surface area contributed by atoms with Crippen LogP contribution >= 0.6 is 12.2 Å². The van der Waals surface area contributed by atoms with E-state index in [0.29, 0.717) is 10.4 Å². The van der Waals surface area contributed by atoms with Crippen LogP contribution < -0.4 is 10.5 Å². The summed E-state index contributed by atoms with van der Waals surface area (Å²) in [7, 11) is 0. The second-order valence-electron chi connectivity index (χ2n) is 6.63. The van der Waals surface area contributed by atoms with E-state index in [2.05, 4.69) is 18.7 Å². The smallest absolute Gasteiger partial charge is 0.119 e. The number of ether oxygens (including phenoxy) is 1. The molecule has 1 aliphatic heterocycles. The predicted octanol–water partition coefficient (Wildman–Crippen LogP) is 3.21. The number of nitrogens with zero attached hydrogens (tertiary/aromatic N) is 1. The van der Waals surface area contributed by atoms with Crippen LogP contribution in [0.3, 0.4) is 0 Å². The van der Waals surface area contributed by atoms with Crippen molar-refractivity contribution in [2.45, 2.75) is 33.1 Å². The van der Waals surface area contributed by atoms with Crippen LogP contribution in [0.4, 0.5) is 0 Å². The van der Waals surface area contributed by atoms with Crippen LogP contribution in [0.25, 0.3) is 0 Å².